The number of aliphatic imine (C=N–C) groups is 1. The van der Waals surface area contributed by atoms with Crippen LogP contribution < -0.4 is 21.4 Å². The van der Waals surface area contributed by atoms with Gasteiger partial charge in [-0.2, -0.15) is 0 Å². The largest absolute Gasteiger partial charge is 0.374 e. The van der Waals surface area contributed by atoms with Crippen molar-refractivity contribution < 1.29 is 28.5 Å². The summed E-state index contributed by atoms with van der Waals surface area (Å²) < 4.78 is 34.8. The number of rotatable bonds is 4. The number of nitrogens with two attached hydrogens (primary N) is 2. The predicted molar refractivity (Wildman–Crippen MR) is 117 cm³/mol. The minimum absolute atomic E-state index is 0.0399. The Balaban J connectivity index is 1.37. The van der Waals surface area contributed by atoms with E-state index in [0.29, 0.717) is 24.3 Å². The van der Waals surface area contributed by atoms with Gasteiger partial charge in [-0.15, -0.1) is 0 Å². The van der Waals surface area contributed by atoms with Gasteiger partial charge in [0.25, 0.3) is 6.02 Å². The van der Waals surface area contributed by atoms with Gasteiger partial charge in [-0.1, -0.05) is 17.7 Å². The van der Waals surface area contributed by atoms with Gasteiger partial charge in [0, 0.05) is 30.8 Å². The molecule has 0 bridgehead atoms. The molecule has 4 rings (SSSR count). The van der Waals surface area contributed by atoms with Crippen LogP contribution in [0.3, 0.4) is 0 Å². The molecule has 172 valence electrons. The van der Waals surface area contributed by atoms with Gasteiger partial charge in [0.1, 0.15) is 11.6 Å². The molecule has 2 saturated heterocycles. The second kappa shape index (κ2) is 8.97. The average Bonchev–Trinajstić information content (AvgIpc) is 2.71. The Bertz CT molecular complexity index is 1120. The Morgan fingerprint density at radius 3 is 2.42 bits per heavy atom. The summed E-state index contributed by atoms with van der Waals surface area (Å²) in [5.41, 5.74) is 7.61. The summed E-state index contributed by atoms with van der Waals surface area (Å²) in [6.45, 7) is 2.72. The lowest BCUT2D eigenvalue weighted by Gasteiger charge is -2.39. The smallest absolute Gasteiger partial charge is 0.371 e. The third-order valence-corrected chi connectivity index (χ3v) is 5.74. The summed E-state index contributed by atoms with van der Waals surface area (Å²) >= 11 is 0. The van der Waals surface area contributed by atoms with Gasteiger partial charge in [-0.25, -0.2) is 19.2 Å². The number of amidine groups is 1. The first-order valence-corrected chi connectivity index (χ1v) is 10.5. The first-order chi connectivity index (χ1) is 15.7. The van der Waals surface area contributed by atoms with Gasteiger partial charge >= 0.3 is 5.90 Å². The predicted octanol–water partition coefficient (Wildman–Crippen LogP) is 0.519. The van der Waals surface area contributed by atoms with E-state index in [9.17, 15) is 18.4 Å². The highest BCUT2D eigenvalue weighted by Gasteiger charge is 2.34. The summed E-state index contributed by atoms with van der Waals surface area (Å²) in [5, 5.41) is 8.04. The molecule has 2 heterocycles. The van der Waals surface area contributed by atoms with Crippen LogP contribution in [0, 0.1) is 18.6 Å². The summed E-state index contributed by atoms with van der Waals surface area (Å²) in [6.07, 6.45) is 0.110. The summed E-state index contributed by atoms with van der Waals surface area (Å²) in [7, 11) is 0. The van der Waals surface area contributed by atoms with E-state index in [0.717, 1.165) is 5.56 Å². The SMILES string of the molecule is Cc1ccc(C(=[NH2+])OC(N)=NC2CN(c3cc(F)c(C4CCC(=O)NC4=O)c(F)c3)C2)cc1. The molecule has 2 fully saturated rings. The van der Waals surface area contributed by atoms with Gasteiger partial charge in [0.2, 0.25) is 11.8 Å². The van der Waals surface area contributed by atoms with E-state index in [4.69, 9.17) is 15.9 Å². The monoisotopic (exact) mass is 456 g/mol. The van der Waals surface area contributed by atoms with E-state index in [1.54, 1.807) is 4.90 Å². The normalized spacial score (nSPS) is 19.2. The van der Waals surface area contributed by atoms with Gasteiger partial charge < -0.3 is 15.4 Å². The molecular weight excluding hydrogens is 432 g/mol. The van der Waals surface area contributed by atoms with Gasteiger partial charge in [0.15, 0.2) is 0 Å². The lowest BCUT2D eigenvalue weighted by Crippen LogP contribution is -2.51. The van der Waals surface area contributed by atoms with Crippen LogP contribution in [-0.2, 0) is 14.3 Å². The number of anilines is 1. The Morgan fingerprint density at radius 2 is 1.82 bits per heavy atom. The number of ether oxygens (including phenoxy) is 1. The van der Waals surface area contributed by atoms with Crippen LogP contribution in [0.15, 0.2) is 41.4 Å². The third kappa shape index (κ3) is 4.84. The number of imide groups is 1. The number of aryl methyl sites for hydroxylation is 1. The number of amides is 2. The number of carbonyl (C=O) groups is 2. The highest BCUT2D eigenvalue weighted by Crippen LogP contribution is 2.33. The number of benzene rings is 2. The van der Waals surface area contributed by atoms with Crippen molar-refractivity contribution >= 4 is 29.4 Å². The van der Waals surface area contributed by atoms with Crippen molar-refractivity contribution in [1.29, 1.82) is 0 Å². The van der Waals surface area contributed by atoms with Crippen molar-refractivity contribution in [2.24, 2.45) is 10.7 Å². The van der Waals surface area contributed by atoms with Crippen molar-refractivity contribution in [1.82, 2.24) is 5.32 Å². The molecule has 8 nitrogen and oxygen atoms in total. The molecule has 33 heavy (non-hydrogen) atoms. The van der Waals surface area contributed by atoms with Crippen LogP contribution in [0.4, 0.5) is 14.5 Å². The zero-order chi connectivity index (χ0) is 23.7. The van der Waals surface area contributed by atoms with Crippen LogP contribution >= 0.6 is 0 Å². The molecule has 5 N–H and O–H groups in total. The maximum atomic E-state index is 14.7. The molecular formula is C23H24F2N5O3+. The second-order valence-corrected chi connectivity index (χ2v) is 8.19. The van der Waals surface area contributed by atoms with Crippen LogP contribution in [0.5, 0.6) is 0 Å². The van der Waals surface area contributed by atoms with Crippen molar-refractivity contribution in [3.05, 3.63) is 64.7 Å². The van der Waals surface area contributed by atoms with Gasteiger partial charge in [-0.05, 0) is 37.6 Å². The molecule has 2 aliphatic rings. The van der Waals surface area contributed by atoms with E-state index in [1.807, 2.05) is 31.2 Å². The zero-order valence-electron chi connectivity index (χ0n) is 18.0. The van der Waals surface area contributed by atoms with E-state index in [-0.39, 0.29) is 36.4 Å². The van der Waals surface area contributed by atoms with Gasteiger partial charge in [0.05, 0.1) is 17.5 Å². The molecule has 1 atom stereocenters. The van der Waals surface area contributed by atoms with Crippen molar-refractivity contribution in [2.75, 3.05) is 18.0 Å². The zero-order valence-corrected chi connectivity index (χ0v) is 18.0. The van der Waals surface area contributed by atoms with Crippen LogP contribution in [0.2, 0.25) is 0 Å². The minimum atomic E-state index is -1.03. The van der Waals surface area contributed by atoms with Crippen LogP contribution in [0.25, 0.3) is 0 Å². The molecule has 0 saturated carbocycles. The summed E-state index contributed by atoms with van der Waals surface area (Å²) in [6, 6.07) is 9.46. The fourth-order valence-electron chi connectivity index (χ4n) is 3.90. The number of nitrogens with one attached hydrogen (secondary N) is 1. The molecule has 10 heteroatoms. The lowest BCUT2D eigenvalue weighted by molar-refractivity contribution is -0.134. The quantitative estimate of drug-likeness (QED) is 0.352. The number of piperidine rings is 1. The molecule has 1 unspecified atom stereocenters. The maximum absolute atomic E-state index is 14.7. The summed E-state index contributed by atoms with van der Waals surface area (Å²) in [4.78, 5) is 29.3. The highest BCUT2D eigenvalue weighted by molar-refractivity contribution is 6.01. The number of nitrogens with zero attached hydrogens (tertiary/aromatic N) is 2. The van der Waals surface area contributed by atoms with Crippen LogP contribution in [0.1, 0.15) is 35.4 Å². The fraction of sp³-hybridized carbons (Fsp3) is 0.304. The minimum Gasteiger partial charge on any atom is -0.371 e. The van der Waals surface area contributed by atoms with E-state index in [1.165, 1.54) is 12.1 Å². The first kappa shape index (κ1) is 22.4. The van der Waals surface area contributed by atoms with Crippen LogP contribution in [-0.4, -0.2) is 42.9 Å². The number of hydrogen-bond donors (Lipinski definition) is 3. The number of hydrogen-bond acceptors (Lipinski definition) is 5. The molecule has 0 aliphatic carbocycles. The standard InChI is InChI=1S/C23H23F2N5O3/c1-12-2-4-13(5-3-12)21(26)33-23(27)28-14-10-30(11-14)15-8-17(24)20(18(25)9-15)16-6-7-19(31)29-22(16)32/h2-5,8-9,14,16,26H,6-7,10-11H2,1H3,(H2,27,28)(H,29,31,32)/p+1. The van der Waals surface area contributed by atoms with Crippen molar-refractivity contribution in [3.8, 4) is 0 Å². The molecule has 2 aromatic rings. The summed E-state index contributed by atoms with van der Waals surface area (Å²) in [5.74, 6) is -3.68. The van der Waals surface area contributed by atoms with E-state index >= 15 is 0 Å². The average molecular weight is 456 g/mol. The molecule has 0 radical (unpaired) electrons. The fourth-order valence-corrected chi connectivity index (χ4v) is 3.90. The van der Waals surface area contributed by atoms with E-state index < -0.39 is 29.4 Å². The number of halogens is 2. The Morgan fingerprint density at radius 1 is 1.18 bits per heavy atom. The Hall–Kier alpha value is -3.82. The maximum Gasteiger partial charge on any atom is 0.374 e. The van der Waals surface area contributed by atoms with Crippen molar-refractivity contribution in [2.45, 2.75) is 31.7 Å². The Kier molecular flexibility index (Phi) is 6.08. The lowest BCUT2D eigenvalue weighted by atomic mass is 9.89. The van der Waals surface area contributed by atoms with E-state index in [2.05, 4.69) is 10.3 Å². The topological polar surface area (TPSA) is 123 Å². The van der Waals surface area contributed by atoms with Crippen molar-refractivity contribution in [3.63, 3.8) is 0 Å². The molecule has 2 aliphatic heterocycles. The molecule has 2 amide bonds. The highest BCUT2D eigenvalue weighted by atomic mass is 19.1. The Labute approximate surface area is 188 Å². The molecule has 0 spiro atoms. The second-order valence-electron chi connectivity index (χ2n) is 8.19. The first-order valence-electron chi connectivity index (χ1n) is 10.5. The molecule has 2 aromatic carbocycles. The van der Waals surface area contributed by atoms with Gasteiger partial charge in [-0.3, -0.25) is 14.9 Å². The molecule has 0 aromatic heterocycles. The third-order valence-electron chi connectivity index (χ3n) is 5.74. The number of carbonyl (C=O) groups excluding carboxylic acids is 2.